The molecule has 1 aliphatic rings. The Morgan fingerprint density at radius 3 is 2.81 bits per heavy atom. The number of nitrogens with one attached hydrogen (secondary N) is 2. The number of nitrogens with zero attached hydrogens (tertiary/aromatic N) is 3. The molecule has 172 valence electrons. The number of guanidine groups is 1. The number of hydrogen-bond donors (Lipinski definition) is 2. The van der Waals surface area contributed by atoms with Gasteiger partial charge in [0.15, 0.2) is 12.8 Å². The summed E-state index contributed by atoms with van der Waals surface area (Å²) in [5, 5.41) is 11.2. The van der Waals surface area contributed by atoms with Crippen LogP contribution in [0.5, 0.6) is 5.75 Å². The van der Waals surface area contributed by atoms with Crippen molar-refractivity contribution >= 4 is 29.9 Å². The largest absolute Gasteiger partial charge is 0.467 e. The lowest BCUT2D eigenvalue weighted by Gasteiger charge is -2.21. The Kier molecular flexibility index (Phi) is 9.54. The van der Waals surface area contributed by atoms with Gasteiger partial charge in [0.2, 0.25) is 0 Å². The molecule has 1 aromatic heterocycles. The first kappa shape index (κ1) is 25.4. The van der Waals surface area contributed by atoms with Gasteiger partial charge >= 0.3 is 0 Å². The molecule has 2 heterocycles. The molecule has 2 N–H and O–H groups in total. The number of fused-ring (bicyclic) bond motifs is 1. The second kappa shape index (κ2) is 11.7. The Labute approximate surface area is 200 Å². The number of benzene rings is 1. The van der Waals surface area contributed by atoms with Gasteiger partial charge < -0.3 is 20.1 Å². The van der Waals surface area contributed by atoms with Crippen molar-refractivity contribution in [2.75, 3.05) is 19.9 Å². The number of halogens is 2. The van der Waals surface area contributed by atoms with E-state index in [0.29, 0.717) is 19.6 Å². The van der Waals surface area contributed by atoms with Crippen molar-refractivity contribution in [2.24, 2.45) is 12.0 Å². The molecular formula is C22H33FIN5O2. The molecule has 1 unspecified atom stereocenters. The number of aliphatic imine (C=N–C) groups is 1. The SMILES string of the molecule is CCNC(=NCCc1cc(F)cc2c1OCOC2)NC(C)Cc1c(C)nn(C)c1C.I. The quantitative estimate of drug-likeness (QED) is 0.317. The molecule has 0 saturated heterocycles. The molecule has 0 spiro atoms. The zero-order chi connectivity index (χ0) is 21.7. The first-order valence-corrected chi connectivity index (χ1v) is 10.4. The zero-order valence-electron chi connectivity index (χ0n) is 18.9. The van der Waals surface area contributed by atoms with Gasteiger partial charge in [-0.1, -0.05) is 0 Å². The predicted molar refractivity (Wildman–Crippen MR) is 131 cm³/mol. The average molecular weight is 545 g/mol. The molecule has 31 heavy (non-hydrogen) atoms. The Bertz CT molecular complexity index is 916. The van der Waals surface area contributed by atoms with E-state index in [1.807, 2.05) is 25.6 Å². The topological polar surface area (TPSA) is 72.7 Å². The van der Waals surface area contributed by atoms with E-state index in [0.717, 1.165) is 41.5 Å². The highest BCUT2D eigenvalue weighted by atomic mass is 127. The standard InChI is InChI=1S/C22H32FN5O2.HI/c1-6-24-22(26-14(2)9-20-15(3)27-28(5)16(20)4)25-8-7-17-10-19(23)11-18-12-29-13-30-21(17)18;/h10-11,14H,6-9,12-13H2,1-5H3,(H2,24,25,26);1H. The van der Waals surface area contributed by atoms with E-state index in [2.05, 4.69) is 34.6 Å². The second-order valence-corrected chi connectivity index (χ2v) is 7.70. The van der Waals surface area contributed by atoms with Gasteiger partial charge in [0.05, 0.1) is 12.3 Å². The van der Waals surface area contributed by atoms with Crippen molar-refractivity contribution < 1.29 is 13.9 Å². The van der Waals surface area contributed by atoms with Gasteiger partial charge in [-0.15, -0.1) is 24.0 Å². The molecule has 0 saturated carbocycles. The highest BCUT2D eigenvalue weighted by Gasteiger charge is 2.17. The van der Waals surface area contributed by atoms with Crippen molar-refractivity contribution in [3.63, 3.8) is 0 Å². The molecule has 0 radical (unpaired) electrons. The smallest absolute Gasteiger partial charge is 0.191 e. The number of ether oxygens (including phenoxy) is 2. The van der Waals surface area contributed by atoms with Gasteiger partial charge in [0, 0.05) is 37.4 Å². The molecular weight excluding hydrogens is 512 g/mol. The first-order chi connectivity index (χ1) is 14.4. The minimum absolute atomic E-state index is 0. The van der Waals surface area contributed by atoms with Gasteiger partial charge in [-0.3, -0.25) is 9.67 Å². The molecule has 0 bridgehead atoms. The zero-order valence-corrected chi connectivity index (χ0v) is 21.2. The van der Waals surface area contributed by atoms with E-state index < -0.39 is 0 Å². The summed E-state index contributed by atoms with van der Waals surface area (Å²) in [4.78, 5) is 4.68. The van der Waals surface area contributed by atoms with Crippen LogP contribution >= 0.6 is 24.0 Å². The normalized spacial score (nSPS) is 14.3. The van der Waals surface area contributed by atoms with Gasteiger partial charge in [0.1, 0.15) is 11.6 Å². The number of hydrogen-bond acceptors (Lipinski definition) is 4. The van der Waals surface area contributed by atoms with E-state index in [9.17, 15) is 4.39 Å². The van der Waals surface area contributed by atoms with E-state index in [1.165, 1.54) is 23.4 Å². The molecule has 3 rings (SSSR count). The van der Waals surface area contributed by atoms with Crippen LogP contribution in [-0.2, 0) is 31.2 Å². The Balaban J connectivity index is 0.00000341. The summed E-state index contributed by atoms with van der Waals surface area (Å²) in [6, 6.07) is 3.18. The number of aryl methyl sites for hydroxylation is 2. The second-order valence-electron chi connectivity index (χ2n) is 7.70. The third-order valence-corrected chi connectivity index (χ3v) is 5.30. The van der Waals surface area contributed by atoms with Crippen molar-refractivity contribution in [3.05, 3.63) is 46.0 Å². The summed E-state index contributed by atoms with van der Waals surface area (Å²) in [6.45, 7) is 10.2. The van der Waals surface area contributed by atoms with E-state index in [-0.39, 0.29) is 42.6 Å². The maximum atomic E-state index is 13.9. The fourth-order valence-corrected chi connectivity index (χ4v) is 3.75. The number of aromatic nitrogens is 2. The van der Waals surface area contributed by atoms with Gasteiger partial charge in [0.25, 0.3) is 0 Å². The molecule has 0 aliphatic carbocycles. The molecule has 9 heteroatoms. The Hall–Kier alpha value is -1.88. The fourth-order valence-electron chi connectivity index (χ4n) is 3.75. The van der Waals surface area contributed by atoms with Crippen LogP contribution in [0.1, 0.15) is 41.9 Å². The molecule has 7 nitrogen and oxygen atoms in total. The first-order valence-electron chi connectivity index (χ1n) is 10.4. The van der Waals surface area contributed by atoms with Crippen molar-refractivity contribution in [1.29, 1.82) is 0 Å². The molecule has 0 amide bonds. The van der Waals surface area contributed by atoms with E-state index in [1.54, 1.807) is 0 Å². The van der Waals surface area contributed by atoms with Crippen molar-refractivity contribution in [3.8, 4) is 5.75 Å². The van der Waals surface area contributed by atoms with Gasteiger partial charge in [-0.2, -0.15) is 5.10 Å². The summed E-state index contributed by atoms with van der Waals surface area (Å²) >= 11 is 0. The van der Waals surface area contributed by atoms with Crippen LogP contribution in [0, 0.1) is 19.7 Å². The van der Waals surface area contributed by atoms with Gasteiger partial charge in [-0.25, -0.2) is 4.39 Å². The summed E-state index contributed by atoms with van der Waals surface area (Å²) < 4.78 is 26.7. The minimum Gasteiger partial charge on any atom is -0.467 e. The lowest BCUT2D eigenvalue weighted by Crippen LogP contribution is -2.43. The van der Waals surface area contributed by atoms with Crippen molar-refractivity contribution in [2.45, 2.75) is 53.2 Å². The van der Waals surface area contributed by atoms with Crippen LogP contribution in [0.2, 0.25) is 0 Å². The highest BCUT2D eigenvalue weighted by Crippen LogP contribution is 2.29. The van der Waals surface area contributed by atoms with Crippen LogP contribution in [-0.4, -0.2) is 41.7 Å². The highest BCUT2D eigenvalue weighted by molar-refractivity contribution is 14.0. The molecule has 1 atom stereocenters. The van der Waals surface area contributed by atoms with Gasteiger partial charge in [-0.05, 0) is 63.8 Å². The van der Waals surface area contributed by atoms with Crippen LogP contribution < -0.4 is 15.4 Å². The lowest BCUT2D eigenvalue weighted by molar-refractivity contribution is -0.0172. The molecule has 1 aromatic carbocycles. The van der Waals surface area contributed by atoms with Crippen LogP contribution in [0.25, 0.3) is 0 Å². The number of rotatable bonds is 7. The van der Waals surface area contributed by atoms with E-state index in [4.69, 9.17) is 9.47 Å². The lowest BCUT2D eigenvalue weighted by atomic mass is 10.1. The van der Waals surface area contributed by atoms with Crippen LogP contribution in [0.15, 0.2) is 17.1 Å². The summed E-state index contributed by atoms with van der Waals surface area (Å²) in [7, 11) is 1.97. The summed E-state index contributed by atoms with van der Waals surface area (Å²) in [6.07, 6.45) is 1.45. The molecule has 2 aromatic rings. The Morgan fingerprint density at radius 2 is 2.13 bits per heavy atom. The summed E-state index contributed by atoms with van der Waals surface area (Å²) in [5.41, 5.74) is 5.08. The van der Waals surface area contributed by atoms with E-state index >= 15 is 0 Å². The molecule has 0 fully saturated rings. The monoisotopic (exact) mass is 545 g/mol. The van der Waals surface area contributed by atoms with Crippen molar-refractivity contribution in [1.82, 2.24) is 20.4 Å². The Morgan fingerprint density at radius 1 is 1.35 bits per heavy atom. The predicted octanol–water partition coefficient (Wildman–Crippen LogP) is 3.39. The van der Waals surface area contributed by atoms with Crippen LogP contribution in [0.3, 0.4) is 0 Å². The third kappa shape index (κ3) is 6.55. The maximum Gasteiger partial charge on any atom is 0.191 e. The third-order valence-electron chi connectivity index (χ3n) is 5.30. The maximum absolute atomic E-state index is 13.9. The van der Waals surface area contributed by atoms with Crippen LogP contribution in [0.4, 0.5) is 4.39 Å². The molecule has 1 aliphatic heterocycles. The average Bonchev–Trinajstić information content (AvgIpc) is 2.94. The minimum atomic E-state index is -0.275. The fraction of sp³-hybridized carbons (Fsp3) is 0.545. The summed E-state index contributed by atoms with van der Waals surface area (Å²) in [5.74, 6) is 1.20.